The Morgan fingerprint density at radius 2 is 1.91 bits per heavy atom. The summed E-state index contributed by atoms with van der Waals surface area (Å²) in [5.41, 5.74) is -0.392. The Morgan fingerprint density at radius 1 is 1.16 bits per heavy atom. The highest BCUT2D eigenvalue weighted by molar-refractivity contribution is 5.81. The van der Waals surface area contributed by atoms with Gasteiger partial charge >= 0.3 is 5.69 Å². The summed E-state index contributed by atoms with van der Waals surface area (Å²) >= 11 is 0. The molecule has 1 atom stereocenters. The molecule has 0 saturated carbocycles. The van der Waals surface area contributed by atoms with Crippen LogP contribution < -0.4 is 26.0 Å². The molecule has 1 aromatic carbocycles. The molecule has 32 heavy (non-hydrogen) atoms. The fraction of sp³-hybridized carbons (Fsp3) is 0.609. The van der Waals surface area contributed by atoms with E-state index < -0.39 is 5.69 Å². The minimum Gasteiger partial charge on any atom is -0.490 e. The first-order valence-corrected chi connectivity index (χ1v) is 11.5. The molecule has 0 aliphatic carbocycles. The first-order valence-electron chi connectivity index (χ1n) is 11.5. The fourth-order valence-electron chi connectivity index (χ4n) is 3.85. The van der Waals surface area contributed by atoms with Crippen molar-refractivity contribution in [2.75, 3.05) is 26.4 Å². The number of aromatic amines is 1. The molecule has 0 bridgehead atoms. The molecule has 9 nitrogen and oxygen atoms in total. The molecule has 2 heterocycles. The Labute approximate surface area is 187 Å². The van der Waals surface area contributed by atoms with Crippen molar-refractivity contribution in [3.63, 3.8) is 0 Å². The van der Waals surface area contributed by atoms with Crippen molar-refractivity contribution in [2.24, 2.45) is 0 Å². The van der Waals surface area contributed by atoms with E-state index in [0.29, 0.717) is 68.0 Å². The second-order valence-corrected chi connectivity index (χ2v) is 7.85. The molecular weight excluding hydrogens is 414 g/mol. The second kappa shape index (κ2) is 11.7. The minimum atomic E-state index is -0.455. The maximum atomic E-state index is 12.9. The molecular formula is C23H33N3O6. The minimum absolute atomic E-state index is 0.00905. The summed E-state index contributed by atoms with van der Waals surface area (Å²) < 4.78 is 17.9. The van der Waals surface area contributed by atoms with Crippen LogP contribution in [0.5, 0.6) is 11.5 Å². The Morgan fingerprint density at radius 3 is 2.59 bits per heavy atom. The molecule has 0 spiro atoms. The number of fused-ring (bicyclic) bond motifs is 1. The smallest absolute Gasteiger partial charge is 0.328 e. The highest BCUT2D eigenvalue weighted by Crippen LogP contribution is 2.30. The summed E-state index contributed by atoms with van der Waals surface area (Å²) in [4.78, 5) is 40.1. The highest BCUT2D eigenvalue weighted by Gasteiger charge is 2.16. The van der Waals surface area contributed by atoms with E-state index in [9.17, 15) is 14.4 Å². The number of rotatable bonds is 12. The van der Waals surface area contributed by atoms with Gasteiger partial charge in [0.2, 0.25) is 5.91 Å². The average Bonchev–Trinajstić information content (AvgIpc) is 3.29. The highest BCUT2D eigenvalue weighted by atomic mass is 16.5. The zero-order valence-electron chi connectivity index (χ0n) is 18.9. The maximum Gasteiger partial charge on any atom is 0.328 e. The lowest BCUT2D eigenvalue weighted by atomic mass is 10.1. The molecule has 176 valence electrons. The van der Waals surface area contributed by atoms with Crippen molar-refractivity contribution in [3.05, 3.63) is 33.0 Å². The lowest BCUT2D eigenvalue weighted by molar-refractivity contribution is -0.121. The molecule has 1 aliphatic rings. The van der Waals surface area contributed by atoms with Crippen molar-refractivity contribution in [3.8, 4) is 11.5 Å². The summed E-state index contributed by atoms with van der Waals surface area (Å²) in [6.07, 6.45) is 4.67. The monoisotopic (exact) mass is 447 g/mol. The van der Waals surface area contributed by atoms with Gasteiger partial charge in [-0.1, -0.05) is 6.42 Å². The Kier molecular flexibility index (Phi) is 8.72. The zero-order valence-corrected chi connectivity index (χ0v) is 18.9. The molecule has 3 rings (SSSR count). The van der Waals surface area contributed by atoms with E-state index in [-0.39, 0.29) is 17.6 Å². The largest absolute Gasteiger partial charge is 0.490 e. The van der Waals surface area contributed by atoms with Crippen LogP contribution in [0, 0.1) is 0 Å². The molecule has 1 amide bonds. The third-order valence-electron chi connectivity index (χ3n) is 5.48. The topological polar surface area (TPSA) is 112 Å². The van der Waals surface area contributed by atoms with Crippen LogP contribution in [-0.2, 0) is 16.1 Å². The van der Waals surface area contributed by atoms with Gasteiger partial charge in [-0.2, -0.15) is 0 Å². The van der Waals surface area contributed by atoms with Crippen LogP contribution in [0.15, 0.2) is 21.7 Å². The van der Waals surface area contributed by atoms with Gasteiger partial charge in [0.15, 0.2) is 11.5 Å². The Balaban J connectivity index is 1.57. The average molecular weight is 448 g/mol. The number of ether oxygens (including phenoxy) is 3. The number of nitrogens with zero attached hydrogens (tertiary/aromatic N) is 1. The number of hydrogen-bond donors (Lipinski definition) is 2. The lowest BCUT2D eigenvalue weighted by Gasteiger charge is -2.13. The van der Waals surface area contributed by atoms with E-state index >= 15 is 0 Å². The van der Waals surface area contributed by atoms with Crippen LogP contribution in [0.3, 0.4) is 0 Å². The van der Waals surface area contributed by atoms with Crippen LogP contribution in [0.25, 0.3) is 10.9 Å². The molecule has 9 heteroatoms. The van der Waals surface area contributed by atoms with Gasteiger partial charge in [0.1, 0.15) is 0 Å². The summed E-state index contributed by atoms with van der Waals surface area (Å²) in [6, 6.07) is 3.25. The number of benzene rings is 1. The standard InChI is InChI=1S/C23H33N3O6/c1-3-30-19-13-17-18(14-20(19)31-4-2)25-23(29)26(22(17)28)11-7-5-6-10-21(27)24-15-16-9-8-12-32-16/h13-14,16H,3-12,15H2,1-2H3,(H,24,27)(H,25,29)/t16-/m1/s1. The second-order valence-electron chi connectivity index (χ2n) is 7.85. The molecule has 1 saturated heterocycles. The Bertz CT molecular complexity index is 1020. The third kappa shape index (κ3) is 6.12. The number of hydrogen-bond acceptors (Lipinski definition) is 6. The van der Waals surface area contributed by atoms with Crippen molar-refractivity contribution in [1.82, 2.24) is 14.9 Å². The first kappa shape index (κ1) is 23.8. The fourth-order valence-corrected chi connectivity index (χ4v) is 3.85. The molecule has 1 fully saturated rings. The molecule has 2 aromatic rings. The van der Waals surface area contributed by atoms with Crippen LogP contribution in [0.1, 0.15) is 52.4 Å². The molecule has 1 aliphatic heterocycles. The SMILES string of the molecule is CCOc1cc2[nH]c(=O)n(CCCCCC(=O)NC[C@H]3CCCO3)c(=O)c2cc1OCC. The molecule has 1 aromatic heterocycles. The van der Waals surface area contributed by atoms with Gasteiger partial charge < -0.3 is 24.5 Å². The van der Waals surface area contributed by atoms with E-state index in [2.05, 4.69) is 10.3 Å². The lowest BCUT2D eigenvalue weighted by Crippen LogP contribution is -2.35. The van der Waals surface area contributed by atoms with Gasteiger partial charge in [-0.05, 0) is 45.6 Å². The van der Waals surface area contributed by atoms with Gasteiger partial charge in [-0.25, -0.2) is 4.79 Å². The number of nitrogens with one attached hydrogen (secondary N) is 2. The molecule has 2 N–H and O–H groups in total. The van der Waals surface area contributed by atoms with Gasteiger partial charge in [-0.3, -0.25) is 14.2 Å². The zero-order chi connectivity index (χ0) is 22.9. The summed E-state index contributed by atoms with van der Waals surface area (Å²) in [6.45, 7) is 6.22. The van der Waals surface area contributed by atoms with Crippen LogP contribution >= 0.6 is 0 Å². The van der Waals surface area contributed by atoms with E-state index in [1.807, 2.05) is 13.8 Å². The normalized spacial score (nSPS) is 15.8. The predicted molar refractivity (Wildman–Crippen MR) is 122 cm³/mol. The maximum absolute atomic E-state index is 12.9. The predicted octanol–water partition coefficient (Wildman–Crippen LogP) is 2.34. The van der Waals surface area contributed by atoms with E-state index in [1.54, 1.807) is 12.1 Å². The number of aromatic nitrogens is 2. The summed E-state index contributed by atoms with van der Waals surface area (Å²) in [7, 11) is 0. The Hall–Kier alpha value is -2.81. The van der Waals surface area contributed by atoms with Gasteiger partial charge in [0.05, 0.1) is 30.2 Å². The number of unbranched alkanes of at least 4 members (excludes halogenated alkanes) is 2. The van der Waals surface area contributed by atoms with Crippen LogP contribution in [-0.4, -0.2) is 47.9 Å². The van der Waals surface area contributed by atoms with Crippen molar-refractivity contribution >= 4 is 16.8 Å². The molecule has 0 radical (unpaired) electrons. The van der Waals surface area contributed by atoms with E-state index in [1.165, 1.54) is 4.57 Å². The van der Waals surface area contributed by atoms with E-state index in [4.69, 9.17) is 14.2 Å². The van der Waals surface area contributed by atoms with Gasteiger partial charge in [0.25, 0.3) is 5.56 Å². The number of amides is 1. The third-order valence-corrected chi connectivity index (χ3v) is 5.48. The number of H-pyrrole nitrogens is 1. The quantitative estimate of drug-likeness (QED) is 0.483. The van der Waals surface area contributed by atoms with E-state index in [0.717, 1.165) is 25.9 Å². The van der Waals surface area contributed by atoms with Crippen molar-refractivity contribution in [1.29, 1.82) is 0 Å². The number of carbonyl (C=O) groups excluding carboxylic acids is 1. The van der Waals surface area contributed by atoms with Crippen molar-refractivity contribution < 1.29 is 19.0 Å². The van der Waals surface area contributed by atoms with Crippen LogP contribution in [0.2, 0.25) is 0 Å². The summed E-state index contributed by atoms with van der Waals surface area (Å²) in [5.74, 6) is 0.980. The molecule has 0 unspecified atom stereocenters. The van der Waals surface area contributed by atoms with Gasteiger partial charge in [0, 0.05) is 32.2 Å². The van der Waals surface area contributed by atoms with Crippen molar-refractivity contribution in [2.45, 2.75) is 65.0 Å². The summed E-state index contributed by atoms with van der Waals surface area (Å²) in [5, 5.41) is 3.28. The first-order chi connectivity index (χ1) is 15.5. The van der Waals surface area contributed by atoms with Crippen LogP contribution in [0.4, 0.5) is 0 Å². The van der Waals surface area contributed by atoms with Gasteiger partial charge in [-0.15, -0.1) is 0 Å². The number of carbonyl (C=O) groups is 1.